The van der Waals surface area contributed by atoms with Crippen molar-refractivity contribution in [1.29, 1.82) is 0 Å². The largest absolute Gasteiger partial charge is 0.157 e. The molecule has 2 bridgehead atoms. The van der Waals surface area contributed by atoms with Crippen molar-refractivity contribution in [1.82, 2.24) is 0 Å². The Hall–Kier alpha value is -0.0800. The molecule has 1 aromatic rings. The summed E-state index contributed by atoms with van der Waals surface area (Å²) in [5.41, 5.74) is 7.70. The number of fused-ring (bicyclic) bond motifs is 2. The summed E-state index contributed by atoms with van der Waals surface area (Å²) in [6, 6.07) is 2.38. The highest BCUT2D eigenvalue weighted by Crippen LogP contribution is 2.30. The quantitative estimate of drug-likeness (QED) is 0.667. The Morgan fingerprint density at radius 3 is 1.88 bits per heavy atom. The van der Waals surface area contributed by atoms with Crippen LogP contribution in [0.25, 0.3) is 0 Å². The molecule has 2 heteroatoms. The number of hydrogen-bond acceptors (Lipinski definition) is 2. The molecule has 2 rings (SSSR count). The topological polar surface area (TPSA) is 0 Å². The average molecular weight is 252 g/mol. The number of thioether (sulfide) groups is 2. The van der Waals surface area contributed by atoms with Crippen molar-refractivity contribution in [3.63, 3.8) is 0 Å². The number of hydrogen-bond donors (Lipinski definition) is 0. The second-order valence-electron chi connectivity index (χ2n) is 4.55. The Bertz CT molecular complexity index is 351. The van der Waals surface area contributed by atoms with E-state index in [2.05, 4.69) is 50.4 Å². The third-order valence-corrected chi connectivity index (χ3v) is 5.50. The van der Waals surface area contributed by atoms with E-state index in [1.54, 1.807) is 16.7 Å². The summed E-state index contributed by atoms with van der Waals surface area (Å²) >= 11 is 4.19. The van der Waals surface area contributed by atoms with E-state index in [1.807, 2.05) is 0 Å². The van der Waals surface area contributed by atoms with Gasteiger partial charge < -0.3 is 0 Å². The summed E-state index contributed by atoms with van der Waals surface area (Å²) in [5.74, 6) is 5.04. The van der Waals surface area contributed by atoms with Crippen LogP contribution in [-0.2, 0) is 11.5 Å². The molecule has 0 atom stereocenters. The zero-order valence-corrected chi connectivity index (χ0v) is 12.1. The molecule has 16 heavy (non-hydrogen) atoms. The predicted molar refractivity (Wildman–Crippen MR) is 77.6 cm³/mol. The molecule has 0 radical (unpaired) electrons. The van der Waals surface area contributed by atoms with E-state index in [0.29, 0.717) is 0 Å². The van der Waals surface area contributed by atoms with Gasteiger partial charge in [0.15, 0.2) is 0 Å². The zero-order chi connectivity index (χ0) is 11.5. The van der Waals surface area contributed by atoms with E-state index in [0.717, 1.165) is 0 Å². The van der Waals surface area contributed by atoms with Crippen molar-refractivity contribution in [3.05, 3.63) is 33.9 Å². The Labute approximate surface area is 108 Å². The molecule has 0 spiro atoms. The minimum atomic E-state index is 1.20. The van der Waals surface area contributed by atoms with E-state index >= 15 is 0 Å². The first-order valence-electron chi connectivity index (χ1n) is 5.94. The van der Waals surface area contributed by atoms with Gasteiger partial charge in [-0.3, -0.25) is 0 Å². The first kappa shape index (κ1) is 12.4. The van der Waals surface area contributed by atoms with Crippen molar-refractivity contribution in [2.24, 2.45) is 0 Å². The van der Waals surface area contributed by atoms with Gasteiger partial charge in [0.1, 0.15) is 0 Å². The first-order chi connectivity index (χ1) is 7.70. The molecule has 0 N–H and O–H groups in total. The third kappa shape index (κ3) is 2.60. The van der Waals surface area contributed by atoms with Crippen molar-refractivity contribution in [3.8, 4) is 0 Å². The number of benzene rings is 1. The lowest BCUT2D eigenvalue weighted by atomic mass is 9.95. The van der Waals surface area contributed by atoms with E-state index in [4.69, 9.17) is 0 Å². The highest BCUT2D eigenvalue weighted by molar-refractivity contribution is 7.99. The Morgan fingerprint density at radius 1 is 0.875 bits per heavy atom. The lowest BCUT2D eigenvalue weighted by molar-refractivity contribution is 1.09. The van der Waals surface area contributed by atoms with Gasteiger partial charge in [-0.25, -0.2) is 0 Å². The van der Waals surface area contributed by atoms with Gasteiger partial charge in [0.05, 0.1) is 0 Å². The normalized spacial score (nSPS) is 17.2. The fourth-order valence-corrected chi connectivity index (χ4v) is 4.79. The van der Waals surface area contributed by atoms with Gasteiger partial charge in [-0.1, -0.05) is 6.07 Å². The molecule has 0 aliphatic carbocycles. The third-order valence-electron chi connectivity index (χ3n) is 3.36. The molecule has 88 valence electrons. The smallest absolute Gasteiger partial charge is 0.0189 e. The van der Waals surface area contributed by atoms with Crippen molar-refractivity contribution < 1.29 is 0 Å². The van der Waals surface area contributed by atoms with Crippen molar-refractivity contribution in [2.45, 2.75) is 38.7 Å². The molecule has 0 nitrogen and oxygen atoms in total. The van der Waals surface area contributed by atoms with Crippen LogP contribution in [0, 0.1) is 20.8 Å². The lowest BCUT2D eigenvalue weighted by Crippen LogP contribution is -2.02. The molecule has 1 aliphatic rings. The maximum absolute atomic E-state index is 2.38. The summed E-state index contributed by atoms with van der Waals surface area (Å²) in [6.07, 6.45) is 1.36. The standard InChI is InChI=1S/C14H20S2/c1-10-7-11(2)14-9-16-6-4-5-15-8-13(10)12(14)3/h7H,4-6,8-9H2,1-3H3. The molecule has 1 heterocycles. The highest BCUT2D eigenvalue weighted by atomic mass is 32.2. The SMILES string of the molecule is Cc1cc(C)c2c(C)c1CSCCCSC2. The summed E-state index contributed by atoms with van der Waals surface area (Å²) < 4.78 is 0. The van der Waals surface area contributed by atoms with Crippen molar-refractivity contribution >= 4 is 23.5 Å². The molecule has 1 aliphatic heterocycles. The number of aryl methyl sites for hydroxylation is 2. The highest BCUT2D eigenvalue weighted by Gasteiger charge is 2.12. The van der Waals surface area contributed by atoms with E-state index in [9.17, 15) is 0 Å². The zero-order valence-electron chi connectivity index (χ0n) is 10.4. The van der Waals surface area contributed by atoms with Crippen LogP contribution in [0.2, 0.25) is 0 Å². The van der Waals surface area contributed by atoms with Crippen LogP contribution in [0.4, 0.5) is 0 Å². The summed E-state index contributed by atoms with van der Waals surface area (Å²) in [7, 11) is 0. The molecule has 0 amide bonds. The van der Waals surface area contributed by atoms with E-state index in [-0.39, 0.29) is 0 Å². The molecule has 0 aromatic heterocycles. The molecular formula is C14H20S2. The van der Waals surface area contributed by atoms with Crippen LogP contribution in [0.15, 0.2) is 6.07 Å². The van der Waals surface area contributed by atoms with Crippen LogP contribution in [0.3, 0.4) is 0 Å². The minimum absolute atomic E-state index is 1.20. The van der Waals surface area contributed by atoms with Crippen LogP contribution < -0.4 is 0 Å². The van der Waals surface area contributed by atoms with Gasteiger partial charge in [0.2, 0.25) is 0 Å². The summed E-state index contributed by atoms with van der Waals surface area (Å²) in [4.78, 5) is 0. The van der Waals surface area contributed by atoms with Crippen molar-refractivity contribution in [2.75, 3.05) is 11.5 Å². The van der Waals surface area contributed by atoms with Gasteiger partial charge >= 0.3 is 0 Å². The van der Waals surface area contributed by atoms with Crippen LogP contribution >= 0.6 is 23.5 Å². The van der Waals surface area contributed by atoms with Gasteiger partial charge in [-0.15, -0.1) is 0 Å². The summed E-state index contributed by atoms with van der Waals surface area (Å²) in [6.45, 7) is 6.84. The van der Waals surface area contributed by atoms with Crippen LogP contribution in [-0.4, -0.2) is 11.5 Å². The minimum Gasteiger partial charge on any atom is -0.157 e. The van der Waals surface area contributed by atoms with E-state index in [1.165, 1.54) is 40.6 Å². The van der Waals surface area contributed by atoms with Gasteiger partial charge in [0, 0.05) is 11.5 Å². The molecule has 0 unspecified atom stereocenters. The Kier molecular flexibility index (Phi) is 4.26. The Morgan fingerprint density at radius 2 is 1.38 bits per heavy atom. The van der Waals surface area contributed by atoms with Crippen LogP contribution in [0.5, 0.6) is 0 Å². The van der Waals surface area contributed by atoms with Crippen LogP contribution in [0.1, 0.15) is 34.2 Å². The molecule has 0 saturated carbocycles. The van der Waals surface area contributed by atoms with Gasteiger partial charge in [0.25, 0.3) is 0 Å². The molecular weight excluding hydrogens is 232 g/mol. The Balaban J connectivity index is 2.43. The second kappa shape index (κ2) is 5.50. The molecule has 1 aromatic carbocycles. The lowest BCUT2D eigenvalue weighted by Gasteiger charge is -2.18. The predicted octanol–water partition coefficient (Wildman–Crippen LogP) is 4.48. The summed E-state index contributed by atoms with van der Waals surface area (Å²) in [5, 5.41) is 0. The maximum atomic E-state index is 2.38. The fourth-order valence-electron chi connectivity index (χ4n) is 2.33. The fraction of sp³-hybridized carbons (Fsp3) is 0.571. The van der Waals surface area contributed by atoms with Gasteiger partial charge in [-0.2, -0.15) is 23.5 Å². The van der Waals surface area contributed by atoms with Gasteiger partial charge in [-0.05, 0) is 66.5 Å². The monoisotopic (exact) mass is 252 g/mol. The van der Waals surface area contributed by atoms with E-state index < -0.39 is 0 Å². The average Bonchev–Trinajstić information content (AvgIpc) is 2.24. The molecule has 0 fully saturated rings. The second-order valence-corrected chi connectivity index (χ2v) is 6.76. The number of rotatable bonds is 0. The maximum Gasteiger partial charge on any atom is 0.0189 e. The molecule has 0 saturated heterocycles. The first-order valence-corrected chi connectivity index (χ1v) is 8.25.